The molecule has 0 spiro atoms. The highest BCUT2D eigenvalue weighted by atomic mass is 79.9. The zero-order valence-corrected chi connectivity index (χ0v) is 16.4. The molecular weight excluding hydrogens is 408 g/mol. The molecule has 1 saturated heterocycles. The summed E-state index contributed by atoms with van der Waals surface area (Å²) in [5.74, 6) is -0.286. The third-order valence-electron chi connectivity index (χ3n) is 5.10. The lowest BCUT2D eigenvalue weighted by molar-refractivity contribution is -0.139. The van der Waals surface area contributed by atoms with Crippen LogP contribution in [0.15, 0.2) is 46.9 Å². The molecule has 0 aliphatic carbocycles. The van der Waals surface area contributed by atoms with E-state index in [4.69, 9.17) is 0 Å². The lowest BCUT2D eigenvalue weighted by Gasteiger charge is -2.29. The zero-order chi connectivity index (χ0) is 19.0. The van der Waals surface area contributed by atoms with Crippen LogP contribution >= 0.6 is 15.9 Å². The average molecular weight is 427 g/mol. The van der Waals surface area contributed by atoms with Crippen molar-refractivity contribution in [2.45, 2.75) is 32.2 Å². The molecule has 138 valence electrons. The Kier molecular flexibility index (Phi) is 4.83. The Bertz CT molecular complexity index is 908. The fourth-order valence-electron chi connectivity index (χ4n) is 3.67. The van der Waals surface area contributed by atoms with Crippen molar-refractivity contribution in [2.75, 3.05) is 11.4 Å². The van der Waals surface area contributed by atoms with Gasteiger partial charge in [0.15, 0.2) is 0 Å². The van der Waals surface area contributed by atoms with Crippen LogP contribution in [0, 0.1) is 0 Å². The molecule has 0 N–H and O–H groups in total. The third-order valence-corrected chi connectivity index (χ3v) is 5.59. The number of carbonyl (C=O) groups is 3. The summed E-state index contributed by atoms with van der Waals surface area (Å²) in [7, 11) is 0. The molecular formula is C21H19BrN2O3. The predicted molar refractivity (Wildman–Crippen MR) is 105 cm³/mol. The number of hydrogen-bond acceptors (Lipinski definition) is 3. The van der Waals surface area contributed by atoms with Gasteiger partial charge in [-0.2, -0.15) is 0 Å². The summed E-state index contributed by atoms with van der Waals surface area (Å²) < 4.78 is 1.02. The molecule has 6 heteroatoms. The first-order valence-corrected chi connectivity index (χ1v) is 9.84. The highest BCUT2D eigenvalue weighted by Gasteiger charge is 2.29. The molecule has 5 nitrogen and oxygen atoms in total. The fraction of sp³-hybridized carbons (Fsp3) is 0.286. The monoisotopic (exact) mass is 426 g/mol. The quantitative estimate of drug-likeness (QED) is 0.703. The SMILES string of the molecule is O=C1CCC(=O)N1Cc1ccc(C(=O)N2CCCc3cc(Br)ccc32)cc1. The Morgan fingerprint density at radius 1 is 0.963 bits per heavy atom. The van der Waals surface area contributed by atoms with E-state index in [2.05, 4.69) is 22.0 Å². The minimum absolute atomic E-state index is 0.0295. The highest BCUT2D eigenvalue weighted by Crippen LogP contribution is 2.31. The standard InChI is InChI=1S/C21H19BrN2O3/c22-17-7-8-18-16(12-17)2-1-11-23(18)21(27)15-5-3-14(4-6-15)13-24-19(25)9-10-20(24)26/h3-8,12H,1-2,9-11,13H2. The molecule has 1 fully saturated rings. The van der Waals surface area contributed by atoms with Crippen LogP contribution in [0.4, 0.5) is 5.69 Å². The Labute approximate surface area is 166 Å². The number of fused-ring (bicyclic) bond motifs is 1. The number of likely N-dealkylation sites (tertiary alicyclic amines) is 1. The predicted octanol–water partition coefficient (Wildman–Crippen LogP) is 3.69. The van der Waals surface area contributed by atoms with E-state index in [1.54, 1.807) is 12.1 Å². The van der Waals surface area contributed by atoms with Crippen molar-refractivity contribution in [1.82, 2.24) is 4.90 Å². The lowest BCUT2D eigenvalue weighted by Crippen LogP contribution is -2.35. The third kappa shape index (κ3) is 3.54. The van der Waals surface area contributed by atoms with Crippen molar-refractivity contribution < 1.29 is 14.4 Å². The van der Waals surface area contributed by atoms with Crippen LogP contribution in [0.1, 0.15) is 40.7 Å². The van der Waals surface area contributed by atoms with Gasteiger partial charge >= 0.3 is 0 Å². The van der Waals surface area contributed by atoms with Crippen molar-refractivity contribution in [3.8, 4) is 0 Å². The van der Waals surface area contributed by atoms with Crippen LogP contribution in [-0.2, 0) is 22.6 Å². The Hall–Kier alpha value is -2.47. The van der Waals surface area contributed by atoms with Crippen LogP contribution in [0.2, 0.25) is 0 Å². The van der Waals surface area contributed by atoms with Crippen molar-refractivity contribution >= 4 is 39.3 Å². The number of hydrogen-bond donors (Lipinski definition) is 0. The van der Waals surface area contributed by atoms with Gasteiger partial charge in [-0.05, 0) is 54.3 Å². The minimum atomic E-state index is -0.128. The molecule has 0 atom stereocenters. The second kappa shape index (κ2) is 7.27. The average Bonchev–Trinajstić information content (AvgIpc) is 2.99. The van der Waals surface area contributed by atoms with E-state index in [-0.39, 0.29) is 24.3 Å². The number of halogens is 1. The van der Waals surface area contributed by atoms with E-state index >= 15 is 0 Å². The van der Waals surface area contributed by atoms with Crippen LogP contribution in [0.3, 0.4) is 0 Å². The number of nitrogens with zero attached hydrogens (tertiary/aromatic N) is 2. The molecule has 3 amide bonds. The normalized spacial score (nSPS) is 16.6. The van der Waals surface area contributed by atoms with E-state index in [1.165, 1.54) is 10.5 Å². The van der Waals surface area contributed by atoms with Crippen LogP contribution in [-0.4, -0.2) is 29.2 Å². The number of amides is 3. The first kappa shape index (κ1) is 17.9. The zero-order valence-electron chi connectivity index (χ0n) is 14.8. The maximum absolute atomic E-state index is 13.0. The number of benzene rings is 2. The largest absolute Gasteiger partial charge is 0.308 e. The molecule has 27 heavy (non-hydrogen) atoms. The first-order chi connectivity index (χ1) is 13.0. The summed E-state index contributed by atoms with van der Waals surface area (Å²) in [6.07, 6.45) is 2.49. The van der Waals surface area contributed by atoms with Gasteiger partial charge in [0.05, 0.1) is 6.54 Å². The summed E-state index contributed by atoms with van der Waals surface area (Å²) in [6.45, 7) is 0.971. The van der Waals surface area contributed by atoms with E-state index in [9.17, 15) is 14.4 Å². The molecule has 0 aromatic heterocycles. The molecule has 0 radical (unpaired) electrons. The van der Waals surface area contributed by atoms with Gasteiger partial charge in [0, 0.05) is 35.1 Å². The second-order valence-corrected chi connectivity index (χ2v) is 7.82. The van der Waals surface area contributed by atoms with Crippen molar-refractivity contribution in [2.24, 2.45) is 0 Å². The maximum atomic E-state index is 13.0. The maximum Gasteiger partial charge on any atom is 0.258 e. The molecule has 0 unspecified atom stereocenters. The topological polar surface area (TPSA) is 57.7 Å². The minimum Gasteiger partial charge on any atom is -0.308 e. The molecule has 2 aromatic carbocycles. The molecule has 2 heterocycles. The lowest BCUT2D eigenvalue weighted by atomic mass is 10.0. The summed E-state index contributed by atoms with van der Waals surface area (Å²) in [4.78, 5) is 39.6. The number of carbonyl (C=O) groups excluding carboxylic acids is 3. The summed E-state index contributed by atoms with van der Waals surface area (Å²) >= 11 is 3.49. The fourth-order valence-corrected chi connectivity index (χ4v) is 4.08. The van der Waals surface area contributed by atoms with Crippen LogP contribution in [0.25, 0.3) is 0 Å². The molecule has 0 bridgehead atoms. The van der Waals surface area contributed by atoms with Crippen molar-refractivity contribution in [3.05, 3.63) is 63.6 Å². The molecule has 2 aliphatic rings. The van der Waals surface area contributed by atoms with Gasteiger partial charge in [0.1, 0.15) is 0 Å². The van der Waals surface area contributed by atoms with Gasteiger partial charge in [-0.15, -0.1) is 0 Å². The smallest absolute Gasteiger partial charge is 0.258 e. The van der Waals surface area contributed by atoms with Crippen LogP contribution in [0.5, 0.6) is 0 Å². The highest BCUT2D eigenvalue weighted by molar-refractivity contribution is 9.10. The Morgan fingerprint density at radius 2 is 1.67 bits per heavy atom. The molecule has 2 aliphatic heterocycles. The Balaban J connectivity index is 1.52. The van der Waals surface area contributed by atoms with Gasteiger partial charge in [-0.1, -0.05) is 28.1 Å². The van der Waals surface area contributed by atoms with Gasteiger partial charge in [0.2, 0.25) is 11.8 Å². The van der Waals surface area contributed by atoms with Gasteiger partial charge < -0.3 is 4.90 Å². The van der Waals surface area contributed by atoms with Gasteiger partial charge in [0.25, 0.3) is 5.91 Å². The molecule has 2 aromatic rings. The van der Waals surface area contributed by atoms with Gasteiger partial charge in [-0.3, -0.25) is 19.3 Å². The van der Waals surface area contributed by atoms with E-state index < -0.39 is 0 Å². The Morgan fingerprint density at radius 3 is 2.37 bits per heavy atom. The van der Waals surface area contributed by atoms with Crippen molar-refractivity contribution in [3.63, 3.8) is 0 Å². The van der Waals surface area contributed by atoms with Crippen molar-refractivity contribution in [1.29, 1.82) is 0 Å². The van der Waals surface area contributed by atoms with E-state index in [1.807, 2.05) is 29.2 Å². The number of aryl methyl sites for hydroxylation is 1. The van der Waals surface area contributed by atoms with E-state index in [0.29, 0.717) is 24.9 Å². The molecule has 0 saturated carbocycles. The van der Waals surface area contributed by atoms with E-state index in [0.717, 1.165) is 28.6 Å². The summed E-state index contributed by atoms with van der Waals surface area (Å²) in [5, 5.41) is 0. The second-order valence-electron chi connectivity index (χ2n) is 6.90. The summed E-state index contributed by atoms with van der Waals surface area (Å²) in [6, 6.07) is 13.2. The number of anilines is 1. The number of rotatable bonds is 3. The molecule has 4 rings (SSSR count). The van der Waals surface area contributed by atoms with Crippen LogP contribution < -0.4 is 4.90 Å². The summed E-state index contributed by atoms with van der Waals surface area (Å²) in [5.41, 5.74) is 3.59. The first-order valence-electron chi connectivity index (χ1n) is 9.05. The number of imide groups is 1. The van der Waals surface area contributed by atoms with Gasteiger partial charge in [-0.25, -0.2) is 0 Å².